The van der Waals surface area contributed by atoms with E-state index in [1.165, 1.54) is 44.4 Å². The first-order chi connectivity index (χ1) is 17.1. The second kappa shape index (κ2) is 10.2. The summed E-state index contributed by atoms with van der Waals surface area (Å²) in [5.41, 5.74) is 2.18. The van der Waals surface area contributed by atoms with Crippen LogP contribution in [0.25, 0.3) is 0 Å². The highest BCUT2D eigenvalue weighted by Crippen LogP contribution is 2.36. The maximum absolute atomic E-state index is 13.8. The van der Waals surface area contributed by atoms with Gasteiger partial charge in [0.05, 0.1) is 22.6 Å². The fourth-order valence-electron chi connectivity index (χ4n) is 4.16. The molecule has 36 heavy (non-hydrogen) atoms. The van der Waals surface area contributed by atoms with Crippen molar-refractivity contribution < 1.29 is 22.9 Å². The van der Waals surface area contributed by atoms with Gasteiger partial charge in [-0.3, -0.25) is 19.2 Å². The maximum Gasteiger partial charge on any atom is 0.273 e. The molecule has 1 aliphatic heterocycles. The van der Waals surface area contributed by atoms with Crippen molar-refractivity contribution in [1.29, 1.82) is 0 Å². The molecule has 0 aliphatic carbocycles. The summed E-state index contributed by atoms with van der Waals surface area (Å²) in [7, 11) is -3.06. The predicted octanol–water partition coefficient (Wildman–Crippen LogP) is 4.35. The molecule has 11 heteroatoms. The second-order valence-corrected chi connectivity index (χ2v) is 10.7. The zero-order valence-corrected chi connectivity index (χ0v) is 21.3. The van der Waals surface area contributed by atoms with Gasteiger partial charge in [0.15, 0.2) is 0 Å². The van der Waals surface area contributed by atoms with Gasteiger partial charge >= 0.3 is 0 Å². The Morgan fingerprint density at radius 1 is 1.14 bits per heavy atom. The Bertz CT molecular complexity index is 1440. The summed E-state index contributed by atoms with van der Waals surface area (Å²) < 4.78 is 34.0. The highest BCUT2D eigenvalue weighted by molar-refractivity contribution is 7.92. The summed E-state index contributed by atoms with van der Waals surface area (Å²) in [6, 6.07) is 15.8. The number of hydrogen-bond donors (Lipinski definition) is 0. The monoisotopic (exact) mass is 529 g/mol. The van der Waals surface area contributed by atoms with Crippen LogP contribution in [0.2, 0.25) is 5.02 Å². The Morgan fingerprint density at radius 2 is 1.86 bits per heavy atom. The number of ether oxygens (including phenoxy) is 1. The zero-order valence-electron chi connectivity index (χ0n) is 19.7. The largest absolute Gasteiger partial charge is 0.495 e. The molecule has 0 saturated heterocycles. The number of rotatable bonds is 7. The Kier molecular flexibility index (Phi) is 7.18. The molecular weight excluding hydrogens is 506 g/mol. The third kappa shape index (κ3) is 5.00. The van der Waals surface area contributed by atoms with E-state index in [4.69, 9.17) is 16.3 Å². The third-order valence-electron chi connectivity index (χ3n) is 6.14. The van der Waals surface area contributed by atoms with Crippen LogP contribution < -0.4 is 9.04 Å². The molecule has 9 nitrogen and oxygen atoms in total. The molecular formula is C25H24ClN3O6S. The molecule has 4 rings (SSSR count). The molecule has 3 aromatic rings. The quantitative estimate of drug-likeness (QED) is 0.332. The zero-order chi connectivity index (χ0) is 26.0. The fraction of sp³-hybridized carbons (Fsp3) is 0.240. The second-order valence-electron chi connectivity index (χ2n) is 8.37. The number of sulfonamides is 1. The lowest BCUT2D eigenvalue weighted by Crippen LogP contribution is -2.45. The molecule has 0 fully saturated rings. The van der Waals surface area contributed by atoms with E-state index in [0.29, 0.717) is 25.1 Å². The molecule has 0 saturated carbocycles. The van der Waals surface area contributed by atoms with Crippen LogP contribution in [-0.2, 0) is 27.8 Å². The summed E-state index contributed by atoms with van der Waals surface area (Å²) in [6.07, 6.45) is 0.652. The number of halogens is 1. The number of hydrogen-bond acceptors (Lipinski definition) is 6. The first-order valence-corrected chi connectivity index (χ1v) is 12.9. The van der Waals surface area contributed by atoms with Crippen LogP contribution in [0.15, 0.2) is 65.6 Å². The van der Waals surface area contributed by atoms with Crippen LogP contribution in [0, 0.1) is 17.0 Å². The van der Waals surface area contributed by atoms with E-state index in [1.54, 1.807) is 4.90 Å². The smallest absolute Gasteiger partial charge is 0.273 e. The lowest BCUT2D eigenvalue weighted by Gasteiger charge is -2.32. The summed E-state index contributed by atoms with van der Waals surface area (Å²) in [6.45, 7) is 1.77. The molecule has 0 N–H and O–H groups in total. The van der Waals surface area contributed by atoms with Gasteiger partial charge in [-0.1, -0.05) is 41.9 Å². The van der Waals surface area contributed by atoms with E-state index < -0.39 is 27.4 Å². The van der Waals surface area contributed by atoms with Crippen LogP contribution >= 0.6 is 11.6 Å². The van der Waals surface area contributed by atoms with Gasteiger partial charge in [0.2, 0.25) is 5.91 Å². The van der Waals surface area contributed by atoms with E-state index in [-0.39, 0.29) is 27.0 Å². The minimum absolute atomic E-state index is 0.0546. The number of anilines is 1. The minimum Gasteiger partial charge on any atom is -0.495 e. The van der Waals surface area contributed by atoms with Crippen molar-refractivity contribution in [1.82, 2.24) is 4.90 Å². The topological polar surface area (TPSA) is 110 Å². The molecule has 1 heterocycles. The molecule has 0 bridgehead atoms. The molecule has 3 aromatic carbocycles. The van der Waals surface area contributed by atoms with E-state index >= 15 is 0 Å². The van der Waals surface area contributed by atoms with Crippen LogP contribution in [0.5, 0.6) is 5.75 Å². The van der Waals surface area contributed by atoms with Gasteiger partial charge in [-0.2, -0.15) is 0 Å². The number of nitro benzene ring substituents is 1. The van der Waals surface area contributed by atoms with E-state index in [9.17, 15) is 23.3 Å². The fourth-order valence-corrected chi connectivity index (χ4v) is 5.77. The number of nitro groups is 1. The minimum atomic E-state index is -4.43. The molecule has 1 aliphatic rings. The van der Waals surface area contributed by atoms with Crippen LogP contribution in [0.3, 0.4) is 0 Å². The predicted molar refractivity (Wildman–Crippen MR) is 136 cm³/mol. The van der Waals surface area contributed by atoms with Gasteiger partial charge in [-0.25, -0.2) is 8.42 Å². The molecule has 0 radical (unpaired) electrons. The number of nitrogens with zero attached hydrogens (tertiary/aromatic N) is 3. The average molecular weight is 530 g/mol. The van der Waals surface area contributed by atoms with Crippen molar-refractivity contribution >= 4 is 38.9 Å². The van der Waals surface area contributed by atoms with Crippen molar-refractivity contribution in [2.24, 2.45) is 0 Å². The maximum atomic E-state index is 13.8. The normalized spacial score (nSPS) is 13.1. The van der Waals surface area contributed by atoms with Crippen LogP contribution in [0.4, 0.5) is 11.4 Å². The average Bonchev–Trinajstić information content (AvgIpc) is 2.86. The van der Waals surface area contributed by atoms with Crippen molar-refractivity contribution in [2.75, 3.05) is 24.5 Å². The number of carbonyl (C=O) groups excluding carboxylic acids is 1. The van der Waals surface area contributed by atoms with Gasteiger partial charge in [0.25, 0.3) is 15.7 Å². The van der Waals surface area contributed by atoms with Crippen molar-refractivity contribution in [3.8, 4) is 5.75 Å². The Labute approximate surface area is 214 Å². The first kappa shape index (κ1) is 25.5. The number of fused-ring (bicyclic) bond motifs is 1. The first-order valence-electron chi connectivity index (χ1n) is 11.1. The van der Waals surface area contributed by atoms with Crippen LogP contribution in [-0.4, -0.2) is 44.3 Å². The standard InChI is InChI=1S/C25H24ClN3O6S/c1-17-7-9-21(14-22(17)29(31)32)36(33,34)28(23-13-20(26)8-10-24(23)35-2)16-25(30)27-12-11-18-5-3-4-6-19(18)15-27/h3-10,13-14H,11-12,15-16H2,1-2H3. The molecule has 188 valence electrons. The van der Waals surface area contributed by atoms with Crippen molar-refractivity contribution in [3.05, 3.63) is 92.5 Å². The van der Waals surface area contributed by atoms with Gasteiger partial charge in [0, 0.05) is 29.7 Å². The third-order valence-corrected chi connectivity index (χ3v) is 8.13. The number of benzene rings is 3. The Morgan fingerprint density at radius 3 is 2.56 bits per heavy atom. The van der Waals surface area contributed by atoms with Crippen molar-refractivity contribution in [3.63, 3.8) is 0 Å². The van der Waals surface area contributed by atoms with E-state index in [1.807, 2.05) is 24.3 Å². The summed E-state index contributed by atoms with van der Waals surface area (Å²) in [5, 5.41) is 11.7. The van der Waals surface area contributed by atoms with Gasteiger partial charge in [-0.05, 0) is 48.7 Å². The number of methoxy groups -OCH3 is 1. The molecule has 0 unspecified atom stereocenters. The molecule has 0 atom stereocenters. The highest BCUT2D eigenvalue weighted by Gasteiger charge is 2.33. The molecule has 0 spiro atoms. The summed E-state index contributed by atoms with van der Waals surface area (Å²) in [4.78, 5) is 25.5. The van der Waals surface area contributed by atoms with E-state index in [2.05, 4.69) is 0 Å². The van der Waals surface area contributed by atoms with Gasteiger partial charge < -0.3 is 9.64 Å². The van der Waals surface area contributed by atoms with E-state index in [0.717, 1.165) is 21.5 Å². The van der Waals surface area contributed by atoms with Gasteiger partial charge in [-0.15, -0.1) is 0 Å². The molecule has 1 amide bonds. The van der Waals surface area contributed by atoms with Gasteiger partial charge in [0.1, 0.15) is 12.3 Å². The Balaban J connectivity index is 1.76. The summed E-state index contributed by atoms with van der Waals surface area (Å²) in [5.74, 6) is -0.238. The summed E-state index contributed by atoms with van der Waals surface area (Å²) >= 11 is 6.18. The van der Waals surface area contributed by atoms with Crippen LogP contribution in [0.1, 0.15) is 16.7 Å². The van der Waals surface area contributed by atoms with Crippen molar-refractivity contribution in [2.45, 2.75) is 24.8 Å². The number of aryl methyl sites for hydroxylation is 1. The number of amides is 1. The highest BCUT2D eigenvalue weighted by atomic mass is 35.5. The Hall–Kier alpha value is -3.63. The SMILES string of the molecule is COc1ccc(Cl)cc1N(CC(=O)N1CCc2ccccc2C1)S(=O)(=O)c1ccc(C)c([N+](=O)[O-])c1. The lowest BCUT2D eigenvalue weighted by atomic mass is 10.00. The molecule has 0 aromatic heterocycles. The lowest BCUT2D eigenvalue weighted by molar-refractivity contribution is -0.385. The number of carbonyl (C=O) groups is 1.